The van der Waals surface area contributed by atoms with Crippen LogP contribution >= 0.6 is 0 Å². The first-order chi connectivity index (χ1) is 15.1. The molecule has 5 nitrogen and oxygen atoms in total. The quantitative estimate of drug-likeness (QED) is 0.396. The molecule has 0 aliphatic heterocycles. The highest BCUT2D eigenvalue weighted by molar-refractivity contribution is 5.86. The molecule has 0 saturated heterocycles. The first-order valence-electron chi connectivity index (χ1n) is 10.1. The van der Waals surface area contributed by atoms with Crippen LogP contribution in [0.15, 0.2) is 86.4 Å². The fourth-order valence-corrected chi connectivity index (χ4v) is 3.82. The van der Waals surface area contributed by atoms with Crippen LogP contribution < -0.4 is 0 Å². The summed E-state index contributed by atoms with van der Waals surface area (Å²) in [4.78, 5) is 13.2. The summed E-state index contributed by atoms with van der Waals surface area (Å²) >= 11 is 0. The van der Waals surface area contributed by atoms with Gasteiger partial charge in [0, 0.05) is 70.7 Å². The van der Waals surface area contributed by atoms with E-state index < -0.39 is 0 Å². The fraction of sp³-hybridized carbons (Fsp3) is 0.0769. The van der Waals surface area contributed by atoms with E-state index in [-0.39, 0.29) is 0 Å². The number of aromatic nitrogens is 5. The molecule has 5 heteroatoms. The van der Waals surface area contributed by atoms with Crippen LogP contribution in [-0.4, -0.2) is 24.6 Å². The second-order valence-electron chi connectivity index (χ2n) is 7.57. The molecule has 5 aromatic rings. The molecule has 0 spiro atoms. The van der Waals surface area contributed by atoms with E-state index in [4.69, 9.17) is 0 Å². The van der Waals surface area contributed by atoms with Crippen molar-refractivity contribution in [1.82, 2.24) is 24.6 Å². The third-order valence-electron chi connectivity index (χ3n) is 5.60. The molecule has 0 aliphatic carbocycles. The zero-order chi connectivity index (χ0) is 21.4. The third-order valence-corrected chi connectivity index (χ3v) is 5.60. The summed E-state index contributed by atoms with van der Waals surface area (Å²) in [6.07, 6.45) is 13.1. The maximum absolute atomic E-state index is 4.65. The van der Waals surface area contributed by atoms with Gasteiger partial charge in [-0.1, -0.05) is 12.6 Å². The smallest absolute Gasteiger partial charge is 0.0746 e. The first kappa shape index (κ1) is 18.9. The minimum atomic E-state index is 0.925. The molecule has 31 heavy (non-hydrogen) atoms. The molecule has 0 aromatic carbocycles. The maximum atomic E-state index is 4.65. The maximum Gasteiger partial charge on any atom is 0.0746 e. The molecule has 0 atom stereocenters. The Morgan fingerprint density at radius 2 is 1.74 bits per heavy atom. The van der Waals surface area contributed by atoms with E-state index in [0.717, 1.165) is 50.2 Å². The van der Waals surface area contributed by atoms with Crippen LogP contribution in [0.25, 0.3) is 33.3 Å². The summed E-state index contributed by atoms with van der Waals surface area (Å²) < 4.78 is 1.87. The third kappa shape index (κ3) is 3.40. The summed E-state index contributed by atoms with van der Waals surface area (Å²) in [5.74, 6) is 0. The highest BCUT2D eigenvalue weighted by atomic mass is 15.2. The van der Waals surface area contributed by atoms with Crippen molar-refractivity contribution in [3.05, 3.63) is 109 Å². The monoisotopic (exact) mass is 403 g/mol. The largest absolute Gasteiger partial charge is 0.264 e. The first-order valence-corrected chi connectivity index (χ1v) is 10.1. The average molecular weight is 403 g/mol. The predicted octanol–water partition coefficient (Wildman–Crippen LogP) is 5.53. The molecule has 5 heterocycles. The predicted molar refractivity (Wildman–Crippen MR) is 124 cm³/mol. The van der Waals surface area contributed by atoms with Crippen molar-refractivity contribution < 1.29 is 0 Å². The highest BCUT2D eigenvalue weighted by Gasteiger charge is 2.13. The van der Waals surface area contributed by atoms with E-state index in [1.54, 1.807) is 12.4 Å². The van der Waals surface area contributed by atoms with Gasteiger partial charge in [0.05, 0.1) is 11.7 Å². The Morgan fingerprint density at radius 1 is 0.871 bits per heavy atom. The second kappa shape index (κ2) is 7.61. The minimum Gasteiger partial charge on any atom is -0.264 e. The number of aryl methyl sites for hydroxylation is 2. The molecule has 0 saturated carbocycles. The Morgan fingerprint density at radius 3 is 2.55 bits per heavy atom. The summed E-state index contributed by atoms with van der Waals surface area (Å²) in [6, 6.07) is 12.3. The topological polar surface area (TPSA) is 56.0 Å². The highest BCUT2D eigenvalue weighted by Crippen LogP contribution is 2.31. The molecular formula is C26H21N5. The van der Waals surface area contributed by atoms with Gasteiger partial charge in [-0.2, -0.15) is 5.10 Å². The molecule has 0 amide bonds. The molecule has 0 unspecified atom stereocenters. The Balaban J connectivity index is 1.59. The van der Waals surface area contributed by atoms with Crippen molar-refractivity contribution in [2.75, 3.05) is 0 Å². The van der Waals surface area contributed by atoms with E-state index in [1.165, 1.54) is 5.56 Å². The van der Waals surface area contributed by atoms with E-state index in [9.17, 15) is 0 Å². The van der Waals surface area contributed by atoms with Crippen LogP contribution in [0.3, 0.4) is 0 Å². The fourth-order valence-electron chi connectivity index (χ4n) is 3.82. The van der Waals surface area contributed by atoms with E-state index in [0.29, 0.717) is 0 Å². The van der Waals surface area contributed by atoms with Gasteiger partial charge in [0.1, 0.15) is 0 Å². The Hall–Kier alpha value is -4.12. The molecule has 5 rings (SSSR count). The van der Waals surface area contributed by atoms with Crippen LogP contribution in [0, 0.1) is 13.8 Å². The summed E-state index contributed by atoms with van der Waals surface area (Å²) in [6.45, 7) is 8.50. The van der Waals surface area contributed by atoms with Gasteiger partial charge in [0.25, 0.3) is 0 Å². The lowest BCUT2D eigenvalue weighted by Crippen LogP contribution is -1.97. The molecule has 5 aromatic heterocycles. The van der Waals surface area contributed by atoms with Gasteiger partial charge < -0.3 is 0 Å². The van der Waals surface area contributed by atoms with Crippen LogP contribution in [0.2, 0.25) is 0 Å². The van der Waals surface area contributed by atoms with Gasteiger partial charge >= 0.3 is 0 Å². The van der Waals surface area contributed by atoms with Crippen LogP contribution in [0.4, 0.5) is 0 Å². The number of rotatable bonds is 4. The van der Waals surface area contributed by atoms with Crippen molar-refractivity contribution in [1.29, 1.82) is 0 Å². The lowest BCUT2D eigenvalue weighted by molar-refractivity contribution is 0.960. The average Bonchev–Trinajstić information content (AvgIpc) is 3.23. The number of nitrogens with zero attached hydrogens (tertiary/aromatic N) is 5. The molecule has 0 N–H and O–H groups in total. The Bertz CT molecular complexity index is 1420. The zero-order valence-electron chi connectivity index (χ0n) is 17.4. The van der Waals surface area contributed by atoms with E-state index in [1.807, 2.05) is 66.7 Å². The van der Waals surface area contributed by atoms with Crippen LogP contribution in [-0.2, 0) is 0 Å². The number of pyridine rings is 4. The van der Waals surface area contributed by atoms with Crippen molar-refractivity contribution in [3.63, 3.8) is 0 Å². The van der Waals surface area contributed by atoms with Crippen molar-refractivity contribution in [2.24, 2.45) is 0 Å². The SMILES string of the molecule is C=C(c1ccn2ncc(-c3cccnc3)c2c1)c1cc(-c2cnccc2C)cnc1C. The molecule has 0 fully saturated rings. The van der Waals surface area contributed by atoms with Crippen molar-refractivity contribution >= 4 is 11.1 Å². The van der Waals surface area contributed by atoms with Gasteiger partial charge in [-0.15, -0.1) is 0 Å². The number of hydrogen-bond acceptors (Lipinski definition) is 4. The van der Waals surface area contributed by atoms with E-state index >= 15 is 0 Å². The lowest BCUT2D eigenvalue weighted by atomic mass is 9.95. The number of fused-ring (bicyclic) bond motifs is 1. The molecule has 0 bridgehead atoms. The summed E-state index contributed by atoms with van der Waals surface area (Å²) in [5, 5.41) is 4.49. The molecule has 150 valence electrons. The Kier molecular flexibility index (Phi) is 4.64. The van der Waals surface area contributed by atoms with E-state index in [2.05, 4.69) is 45.7 Å². The Labute approximate surface area is 180 Å². The molecule has 0 radical (unpaired) electrons. The normalized spacial score (nSPS) is 11.0. The minimum absolute atomic E-state index is 0.925. The van der Waals surface area contributed by atoms with Gasteiger partial charge in [-0.25, -0.2) is 4.52 Å². The van der Waals surface area contributed by atoms with Crippen LogP contribution in [0.5, 0.6) is 0 Å². The molecule has 0 aliphatic rings. The lowest BCUT2D eigenvalue weighted by Gasteiger charge is -2.13. The second-order valence-corrected chi connectivity index (χ2v) is 7.57. The summed E-state index contributed by atoms with van der Waals surface area (Å²) in [7, 11) is 0. The van der Waals surface area contributed by atoms with Crippen molar-refractivity contribution in [3.8, 4) is 22.3 Å². The van der Waals surface area contributed by atoms with Crippen LogP contribution in [0.1, 0.15) is 22.4 Å². The zero-order valence-corrected chi connectivity index (χ0v) is 17.4. The van der Waals surface area contributed by atoms with Gasteiger partial charge in [-0.3, -0.25) is 15.0 Å². The van der Waals surface area contributed by atoms with Gasteiger partial charge in [0.15, 0.2) is 0 Å². The van der Waals surface area contributed by atoms with Crippen molar-refractivity contribution in [2.45, 2.75) is 13.8 Å². The standard InChI is InChI=1S/C26H21N5/c1-17-6-9-28-15-24(17)22-11-23(19(3)29-14-22)18(2)20-7-10-31-26(12-20)25(16-30-31)21-5-4-8-27-13-21/h4-16H,2H2,1,3H3. The van der Waals surface area contributed by atoms with Gasteiger partial charge in [0.2, 0.25) is 0 Å². The number of hydrogen-bond donors (Lipinski definition) is 0. The van der Waals surface area contributed by atoms with Gasteiger partial charge in [-0.05, 0) is 60.9 Å². The summed E-state index contributed by atoms with van der Waals surface area (Å²) in [5.41, 5.74) is 10.3. The molecular weight excluding hydrogens is 382 g/mol.